The number of nitrogens with one attached hydrogen (secondary N) is 3. The van der Waals surface area contributed by atoms with Crippen molar-refractivity contribution in [3.63, 3.8) is 0 Å². The lowest BCUT2D eigenvalue weighted by Crippen LogP contribution is -2.06. The van der Waals surface area contributed by atoms with Crippen LogP contribution in [0.25, 0.3) is 11.0 Å². The average molecular weight is 306 g/mol. The molecule has 3 rings (SSSR count). The van der Waals surface area contributed by atoms with Gasteiger partial charge in [-0.2, -0.15) is 0 Å². The molecule has 0 saturated carbocycles. The Morgan fingerprint density at radius 3 is 2.67 bits per heavy atom. The molecule has 0 radical (unpaired) electrons. The number of anilines is 1. The highest BCUT2D eigenvalue weighted by Crippen LogP contribution is 2.24. The number of fused-ring (bicyclic) bond motifs is 1. The van der Waals surface area contributed by atoms with E-state index in [1.807, 2.05) is 25.1 Å². The van der Waals surface area contributed by atoms with E-state index in [0.717, 1.165) is 22.3 Å². The van der Waals surface area contributed by atoms with Crippen LogP contribution in [0.1, 0.15) is 18.5 Å². The van der Waals surface area contributed by atoms with Crippen molar-refractivity contribution in [1.29, 1.82) is 0 Å². The molecule has 3 aromatic rings. The molecular formula is C15H13ClFN3O. The lowest BCUT2D eigenvalue weighted by molar-refractivity contribution is 0.627. The van der Waals surface area contributed by atoms with Crippen LogP contribution in [0.5, 0.6) is 0 Å². The molecule has 0 amide bonds. The van der Waals surface area contributed by atoms with Crippen molar-refractivity contribution in [2.75, 3.05) is 5.32 Å². The summed E-state index contributed by atoms with van der Waals surface area (Å²) >= 11 is 5.80. The van der Waals surface area contributed by atoms with E-state index in [4.69, 9.17) is 11.6 Å². The van der Waals surface area contributed by atoms with Gasteiger partial charge in [-0.25, -0.2) is 9.18 Å². The number of imidazole rings is 1. The largest absolute Gasteiger partial charge is 0.378 e. The van der Waals surface area contributed by atoms with Crippen LogP contribution >= 0.6 is 11.6 Å². The topological polar surface area (TPSA) is 60.7 Å². The van der Waals surface area contributed by atoms with Crippen LogP contribution in [-0.4, -0.2) is 9.97 Å². The average Bonchev–Trinajstić information content (AvgIpc) is 2.81. The number of aromatic amines is 2. The lowest BCUT2D eigenvalue weighted by atomic mass is 10.1. The minimum atomic E-state index is -0.432. The molecule has 0 spiro atoms. The molecule has 0 saturated heterocycles. The van der Waals surface area contributed by atoms with Gasteiger partial charge in [-0.05, 0) is 42.8 Å². The van der Waals surface area contributed by atoms with E-state index < -0.39 is 5.82 Å². The zero-order chi connectivity index (χ0) is 15.0. The van der Waals surface area contributed by atoms with E-state index in [9.17, 15) is 9.18 Å². The van der Waals surface area contributed by atoms with Gasteiger partial charge in [0.1, 0.15) is 5.82 Å². The number of rotatable bonds is 3. The molecule has 21 heavy (non-hydrogen) atoms. The van der Waals surface area contributed by atoms with Crippen LogP contribution < -0.4 is 11.0 Å². The molecule has 0 aliphatic rings. The minimum absolute atomic E-state index is 0.0498. The molecule has 1 aromatic heterocycles. The summed E-state index contributed by atoms with van der Waals surface area (Å²) in [6, 6.07) is 10.1. The van der Waals surface area contributed by atoms with Gasteiger partial charge in [0.25, 0.3) is 0 Å². The molecule has 1 atom stereocenters. The Bertz CT molecular complexity index is 855. The first-order chi connectivity index (χ1) is 10.0. The first kappa shape index (κ1) is 13.7. The van der Waals surface area contributed by atoms with Crippen LogP contribution in [0.4, 0.5) is 10.1 Å². The van der Waals surface area contributed by atoms with E-state index in [1.165, 1.54) is 6.07 Å². The minimum Gasteiger partial charge on any atom is -0.378 e. The maximum absolute atomic E-state index is 13.2. The molecule has 108 valence electrons. The summed E-state index contributed by atoms with van der Waals surface area (Å²) in [6.45, 7) is 1.95. The van der Waals surface area contributed by atoms with Gasteiger partial charge < -0.3 is 15.3 Å². The van der Waals surface area contributed by atoms with Gasteiger partial charge in [-0.15, -0.1) is 0 Å². The molecule has 4 nitrogen and oxygen atoms in total. The predicted molar refractivity (Wildman–Crippen MR) is 82.4 cm³/mol. The van der Waals surface area contributed by atoms with Crippen molar-refractivity contribution in [2.45, 2.75) is 13.0 Å². The fraction of sp³-hybridized carbons (Fsp3) is 0.133. The van der Waals surface area contributed by atoms with Crippen molar-refractivity contribution in [3.8, 4) is 0 Å². The first-order valence-corrected chi connectivity index (χ1v) is 6.84. The Morgan fingerprint density at radius 1 is 1.14 bits per heavy atom. The molecular weight excluding hydrogens is 293 g/mol. The number of H-pyrrole nitrogens is 2. The highest BCUT2D eigenvalue weighted by Gasteiger charge is 2.09. The number of benzene rings is 2. The van der Waals surface area contributed by atoms with Crippen molar-refractivity contribution in [3.05, 3.63) is 63.3 Å². The molecule has 0 aliphatic heterocycles. The van der Waals surface area contributed by atoms with Crippen LogP contribution in [0.3, 0.4) is 0 Å². The second-order valence-corrected chi connectivity index (χ2v) is 5.29. The highest BCUT2D eigenvalue weighted by molar-refractivity contribution is 6.30. The van der Waals surface area contributed by atoms with Crippen molar-refractivity contribution in [1.82, 2.24) is 9.97 Å². The van der Waals surface area contributed by atoms with Crippen LogP contribution in [0.15, 0.2) is 41.2 Å². The second kappa shape index (κ2) is 5.26. The van der Waals surface area contributed by atoms with Gasteiger partial charge in [-0.3, -0.25) is 0 Å². The number of hydrogen-bond donors (Lipinski definition) is 3. The van der Waals surface area contributed by atoms with Crippen LogP contribution in [-0.2, 0) is 0 Å². The summed E-state index contributed by atoms with van der Waals surface area (Å²) in [5.74, 6) is -0.432. The second-order valence-electron chi connectivity index (χ2n) is 4.88. The van der Waals surface area contributed by atoms with Gasteiger partial charge in [0.15, 0.2) is 0 Å². The molecule has 6 heteroatoms. The third-order valence-electron chi connectivity index (χ3n) is 3.34. The monoisotopic (exact) mass is 305 g/mol. The summed E-state index contributed by atoms with van der Waals surface area (Å²) in [5.41, 5.74) is 2.98. The van der Waals surface area contributed by atoms with E-state index in [0.29, 0.717) is 0 Å². The normalized spacial score (nSPS) is 12.5. The maximum atomic E-state index is 13.2. The third-order valence-corrected chi connectivity index (χ3v) is 3.63. The van der Waals surface area contributed by atoms with E-state index in [2.05, 4.69) is 15.3 Å². The summed E-state index contributed by atoms with van der Waals surface area (Å²) < 4.78 is 13.2. The number of aromatic nitrogens is 2. The van der Waals surface area contributed by atoms with Gasteiger partial charge in [0, 0.05) is 11.7 Å². The molecule has 0 aliphatic carbocycles. The molecule has 0 fully saturated rings. The van der Waals surface area contributed by atoms with Crippen LogP contribution in [0, 0.1) is 5.82 Å². The van der Waals surface area contributed by atoms with E-state index in [1.54, 1.807) is 12.1 Å². The maximum Gasteiger partial charge on any atom is 0.323 e. The van der Waals surface area contributed by atoms with Gasteiger partial charge in [0.2, 0.25) is 0 Å². The smallest absolute Gasteiger partial charge is 0.323 e. The number of halogens is 2. The van der Waals surface area contributed by atoms with Crippen LogP contribution in [0.2, 0.25) is 5.02 Å². The SMILES string of the molecule is CC(Nc1ccc2[nH]c(=O)[nH]c2c1)c1ccc(F)c(Cl)c1. The molecule has 3 N–H and O–H groups in total. The fourth-order valence-electron chi connectivity index (χ4n) is 2.24. The first-order valence-electron chi connectivity index (χ1n) is 6.46. The van der Waals surface area contributed by atoms with Gasteiger partial charge >= 0.3 is 5.69 Å². The van der Waals surface area contributed by atoms with Crippen molar-refractivity contribution < 1.29 is 4.39 Å². The van der Waals surface area contributed by atoms with Crippen molar-refractivity contribution >= 4 is 28.3 Å². The third kappa shape index (κ3) is 2.78. The summed E-state index contributed by atoms with van der Waals surface area (Å²) in [6.07, 6.45) is 0. The van der Waals surface area contributed by atoms with E-state index >= 15 is 0 Å². The summed E-state index contributed by atoms with van der Waals surface area (Å²) in [5, 5.41) is 3.39. The zero-order valence-corrected chi connectivity index (χ0v) is 12.0. The Kier molecular flexibility index (Phi) is 3.43. The fourth-order valence-corrected chi connectivity index (χ4v) is 2.43. The quantitative estimate of drug-likeness (QED) is 0.689. The van der Waals surface area contributed by atoms with Gasteiger partial charge in [-0.1, -0.05) is 17.7 Å². The standard InChI is InChI=1S/C15H13ClFN3O/c1-8(9-2-4-12(17)11(16)6-9)18-10-3-5-13-14(7-10)20-15(21)19-13/h2-8,18H,1H3,(H2,19,20,21). The van der Waals surface area contributed by atoms with E-state index in [-0.39, 0.29) is 16.8 Å². The van der Waals surface area contributed by atoms with Crippen molar-refractivity contribution in [2.24, 2.45) is 0 Å². The summed E-state index contributed by atoms with van der Waals surface area (Å²) in [7, 11) is 0. The molecule has 1 heterocycles. The Labute approximate surface area is 125 Å². The Hall–Kier alpha value is -2.27. The lowest BCUT2D eigenvalue weighted by Gasteiger charge is -2.16. The number of hydrogen-bond acceptors (Lipinski definition) is 2. The molecule has 0 bridgehead atoms. The predicted octanol–water partition coefficient (Wildman–Crippen LogP) is 3.82. The molecule has 1 unspecified atom stereocenters. The Balaban J connectivity index is 1.86. The van der Waals surface area contributed by atoms with Gasteiger partial charge in [0.05, 0.1) is 16.1 Å². The Morgan fingerprint density at radius 2 is 1.90 bits per heavy atom. The highest BCUT2D eigenvalue weighted by atomic mass is 35.5. The zero-order valence-electron chi connectivity index (χ0n) is 11.2. The molecule has 2 aromatic carbocycles. The summed E-state index contributed by atoms with van der Waals surface area (Å²) in [4.78, 5) is 16.6.